The van der Waals surface area contributed by atoms with Crippen LogP contribution in [-0.4, -0.2) is 11.2 Å². The van der Waals surface area contributed by atoms with Crippen LogP contribution in [0, 0.1) is 23.5 Å². The van der Waals surface area contributed by atoms with E-state index in [1.807, 2.05) is 6.92 Å². The lowest BCUT2D eigenvalue weighted by molar-refractivity contribution is 0.218. The molecule has 1 aromatic carbocycles. The highest BCUT2D eigenvalue weighted by Gasteiger charge is 2.01. The van der Waals surface area contributed by atoms with Crippen molar-refractivity contribution in [2.45, 2.75) is 32.3 Å². The molecule has 0 bridgehead atoms. The first kappa shape index (κ1) is 12.7. The fraction of sp³-hybridized carbons (Fsp3) is 0.385. The van der Waals surface area contributed by atoms with E-state index in [2.05, 4.69) is 11.8 Å². The first-order valence-corrected chi connectivity index (χ1v) is 5.28. The van der Waals surface area contributed by atoms with E-state index < -0.39 is 17.7 Å². The second kappa shape index (κ2) is 6.24. The van der Waals surface area contributed by atoms with Gasteiger partial charge in [-0.2, -0.15) is 0 Å². The maximum atomic E-state index is 12.8. The fourth-order valence-electron chi connectivity index (χ4n) is 1.21. The molecule has 0 spiro atoms. The quantitative estimate of drug-likeness (QED) is 0.783. The van der Waals surface area contributed by atoms with Crippen LogP contribution in [0.15, 0.2) is 18.2 Å². The van der Waals surface area contributed by atoms with Gasteiger partial charge in [0.2, 0.25) is 0 Å². The maximum Gasteiger partial charge on any atom is 0.160 e. The van der Waals surface area contributed by atoms with Gasteiger partial charge in [-0.25, -0.2) is 8.78 Å². The van der Waals surface area contributed by atoms with Crippen LogP contribution < -0.4 is 0 Å². The van der Waals surface area contributed by atoms with Crippen LogP contribution in [0.25, 0.3) is 0 Å². The topological polar surface area (TPSA) is 20.2 Å². The first-order valence-electron chi connectivity index (χ1n) is 5.28. The van der Waals surface area contributed by atoms with Gasteiger partial charge in [0.1, 0.15) is 6.10 Å². The maximum absolute atomic E-state index is 12.8. The molecule has 0 aromatic heterocycles. The molecule has 1 atom stereocenters. The molecule has 1 rings (SSSR count). The Morgan fingerprint density at radius 3 is 2.69 bits per heavy atom. The lowest BCUT2D eigenvalue weighted by Gasteiger charge is -2.00. The number of aliphatic hydroxyl groups is 1. The van der Waals surface area contributed by atoms with Gasteiger partial charge in [-0.05, 0) is 24.6 Å². The largest absolute Gasteiger partial charge is 0.380 e. The van der Waals surface area contributed by atoms with E-state index in [0.717, 1.165) is 25.0 Å². The molecule has 0 saturated carbocycles. The molecular formula is C13H14F2O. The molecule has 16 heavy (non-hydrogen) atoms. The smallest absolute Gasteiger partial charge is 0.160 e. The van der Waals surface area contributed by atoms with Crippen molar-refractivity contribution in [2.24, 2.45) is 0 Å². The summed E-state index contributed by atoms with van der Waals surface area (Å²) in [6, 6.07) is 3.44. The zero-order chi connectivity index (χ0) is 12.0. The van der Waals surface area contributed by atoms with Crippen LogP contribution in [0.5, 0.6) is 0 Å². The van der Waals surface area contributed by atoms with Gasteiger partial charge < -0.3 is 5.11 Å². The van der Waals surface area contributed by atoms with Crippen molar-refractivity contribution in [3.8, 4) is 11.8 Å². The average Bonchev–Trinajstić information content (AvgIpc) is 2.28. The van der Waals surface area contributed by atoms with Crippen molar-refractivity contribution in [2.75, 3.05) is 0 Å². The normalized spacial score (nSPS) is 11.8. The minimum Gasteiger partial charge on any atom is -0.380 e. The third kappa shape index (κ3) is 4.00. The summed E-state index contributed by atoms with van der Waals surface area (Å²) in [5.74, 6) is 3.40. The van der Waals surface area contributed by atoms with Crippen LogP contribution in [-0.2, 0) is 0 Å². The molecule has 0 saturated heterocycles. The van der Waals surface area contributed by atoms with E-state index in [1.54, 1.807) is 0 Å². The number of unbranched alkanes of at least 4 members (excludes halogenated alkanes) is 1. The lowest BCUT2D eigenvalue weighted by atomic mass is 10.1. The van der Waals surface area contributed by atoms with Gasteiger partial charge in [0, 0.05) is 5.56 Å². The van der Waals surface area contributed by atoms with Gasteiger partial charge in [-0.15, -0.1) is 0 Å². The van der Waals surface area contributed by atoms with Crippen molar-refractivity contribution >= 4 is 0 Å². The Labute approximate surface area is 94.1 Å². The number of benzene rings is 1. The molecule has 0 unspecified atom stereocenters. The summed E-state index contributed by atoms with van der Waals surface area (Å²) in [5, 5.41) is 9.42. The molecule has 0 heterocycles. The predicted octanol–water partition coefficient (Wildman–Crippen LogP) is 2.87. The monoisotopic (exact) mass is 224 g/mol. The average molecular weight is 224 g/mol. The summed E-state index contributed by atoms with van der Waals surface area (Å²) in [4.78, 5) is 0. The lowest BCUT2D eigenvalue weighted by Crippen LogP contribution is -2.01. The molecule has 3 heteroatoms. The predicted molar refractivity (Wildman–Crippen MR) is 58.8 cm³/mol. The van der Waals surface area contributed by atoms with Crippen molar-refractivity contribution in [3.63, 3.8) is 0 Å². The Bertz CT molecular complexity index is 404. The van der Waals surface area contributed by atoms with E-state index in [4.69, 9.17) is 0 Å². The highest BCUT2D eigenvalue weighted by Crippen LogP contribution is 2.07. The summed E-state index contributed by atoms with van der Waals surface area (Å²) in [6.07, 6.45) is 1.79. The molecule has 86 valence electrons. The number of hydrogen-bond donors (Lipinski definition) is 1. The van der Waals surface area contributed by atoms with Gasteiger partial charge in [-0.1, -0.05) is 31.6 Å². The molecule has 0 aliphatic rings. The Hall–Kier alpha value is -1.40. The Balaban J connectivity index is 2.65. The highest BCUT2D eigenvalue weighted by molar-refractivity contribution is 5.35. The van der Waals surface area contributed by atoms with Gasteiger partial charge in [0.05, 0.1) is 0 Å². The molecule has 1 nitrogen and oxygen atoms in total. The zero-order valence-electron chi connectivity index (χ0n) is 9.13. The summed E-state index contributed by atoms with van der Waals surface area (Å²) in [5.41, 5.74) is 0.370. The van der Waals surface area contributed by atoms with Crippen molar-refractivity contribution < 1.29 is 13.9 Å². The number of halogens is 2. The van der Waals surface area contributed by atoms with Gasteiger partial charge in [-0.3, -0.25) is 0 Å². The number of rotatable bonds is 3. The van der Waals surface area contributed by atoms with E-state index in [0.29, 0.717) is 12.0 Å². The number of aliphatic hydroxyl groups excluding tert-OH is 1. The standard InChI is InChI=1S/C13H14F2O/c1-2-3-4-11(16)7-5-10-6-8-12(14)13(15)9-10/h6,8-9,11,16H,2-4H2,1H3/t11-/m1/s1. The second-order valence-electron chi connectivity index (χ2n) is 3.56. The molecule has 0 radical (unpaired) electrons. The Morgan fingerprint density at radius 2 is 2.06 bits per heavy atom. The number of hydrogen-bond acceptors (Lipinski definition) is 1. The third-order valence-electron chi connectivity index (χ3n) is 2.13. The SMILES string of the molecule is CCCC[C@@H](O)C#Cc1ccc(F)c(F)c1. The molecule has 0 fully saturated rings. The molecule has 1 N–H and O–H groups in total. The van der Waals surface area contributed by atoms with Crippen LogP contribution in [0.1, 0.15) is 31.7 Å². The highest BCUT2D eigenvalue weighted by atomic mass is 19.2. The third-order valence-corrected chi connectivity index (χ3v) is 2.13. The molecular weight excluding hydrogens is 210 g/mol. The molecule has 0 aliphatic heterocycles. The molecule has 0 aliphatic carbocycles. The summed E-state index contributed by atoms with van der Waals surface area (Å²) in [7, 11) is 0. The van der Waals surface area contributed by atoms with Gasteiger partial charge in [0.15, 0.2) is 11.6 Å². The van der Waals surface area contributed by atoms with E-state index >= 15 is 0 Å². The van der Waals surface area contributed by atoms with Gasteiger partial charge >= 0.3 is 0 Å². The molecule has 0 amide bonds. The van der Waals surface area contributed by atoms with Crippen LogP contribution in [0.4, 0.5) is 8.78 Å². The summed E-state index contributed by atoms with van der Waals surface area (Å²) < 4.78 is 25.4. The Kier molecular flexibility index (Phi) is 4.94. The summed E-state index contributed by atoms with van der Waals surface area (Å²) in [6.45, 7) is 2.02. The van der Waals surface area contributed by atoms with Crippen LogP contribution >= 0.6 is 0 Å². The zero-order valence-corrected chi connectivity index (χ0v) is 9.13. The van der Waals surface area contributed by atoms with Crippen LogP contribution in [0.2, 0.25) is 0 Å². The fourth-order valence-corrected chi connectivity index (χ4v) is 1.21. The minimum absolute atomic E-state index is 0.370. The van der Waals surface area contributed by atoms with E-state index in [1.165, 1.54) is 6.07 Å². The minimum atomic E-state index is -0.921. The van der Waals surface area contributed by atoms with E-state index in [9.17, 15) is 13.9 Å². The van der Waals surface area contributed by atoms with E-state index in [-0.39, 0.29) is 0 Å². The summed E-state index contributed by atoms with van der Waals surface area (Å²) >= 11 is 0. The van der Waals surface area contributed by atoms with Crippen molar-refractivity contribution in [1.82, 2.24) is 0 Å². The van der Waals surface area contributed by atoms with Crippen molar-refractivity contribution in [1.29, 1.82) is 0 Å². The van der Waals surface area contributed by atoms with Crippen molar-refractivity contribution in [3.05, 3.63) is 35.4 Å². The first-order chi connectivity index (χ1) is 7.63. The Morgan fingerprint density at radius 1 is 1.31 bits per heavy atom. The van der Waals surface area contributed by atoms with Gasteiger partial charge in [0.25, 0.3) is 0 Å². The second-order valence-corrected chi connectivity index (χ2v) is 3.56. The molecule has 1 aromatic rings. The van der Waals surface area contributed by atoms with Crippen LogP contribution in [0.3, 0.4) is 0 Å².